The second kappa shape index (κ2) is 5.42. The van der Waals surface area contributed by atoms with Gasteiger partial charge in [-0.25, -0.2) is 4.79 Å². The quantitative estimate of drug-likeness (QED) is 0.863. The van der Waals surface area contributed by atoms with E-state index >= 15 is 0 Å². The van der Waals surface area contributed by atoms with Gasteiger partial charge in [-0.05, 0) is 13.8 Å². The van der Waals surface area contributed by atoms with Crippen LogP contribution in [0.3, 0.4) is 0 Å². The summed E-state index contributed by atoms with van der Waals surface area (Å²) in [7, 11) is 2.91. The standard InChI is InChI=1S/C18H20O5/c1-18(2)13(21-3)9-12-14(17(20)22-4)15(19)10-7-5-6-8-11(10)16(12)23-18/h5-8,13,19H,9H2,1-4H3/t13-/m1/s1. The molecule has 0 amide bonds. The van der Waals surface area contributed by atoms with Crippen molar-refractivity contribution < 1.29 is 24.1 Å². The summed E-state index contributed by atoms with van der Waals surface area (Å²) in [5.74, 6) is -0.0517. The van der Waals surface area contributed by atoms with Gasteiger partial charge in [0, 0.05) is 29.9 Å². The van der Waals surface area contributed by atoms with Crippen molar-refractivity contribution in [1.29, 1.82) is 0 Å². The number of phenols is 1. The smallest absolute Gasteiger partial charge is 0.342 e. The maximum Gasteiger partial charge on any atom is 0.342 e. The van der Waals surface area contributed by atoms with Crippen molar-refractivity contribution in [2.24, 2.45) is 0 Å². The molecule has 5 nitrogen and oxygen atoms in total. The van der Waals surface area contributed by atoms with Crippen molar-refractivity contribution in [3.63, 3.8) is 0 Å². The lowest BCUT2D eigenvalue weighted by Gasteiger charge is -2.40. The number of fused-ring (bicyclic) bond motifs is 3. The van der Waals surface area contributed by atoms with Gasteiger partial charge in [-0.2, -0.15) is 0 Å². The lowest BCUT2D eigenvalue weighted by molar-refractivity contribution is -0.0635. The number of hydrogen-bond acceptors (Lipinski definition) is 5. The second-order valence-electron chi connectivity index (χ2n) is 6.20. The summed E-state index contributed by atoms with van der Waals surface area (Å²) < 4.78 is 16.6. The van der Waals surface area contributed by atoms with Crippen LogP contribution in [-0.2, 0) is 15.9 Å². The molecule has 2 aromatic carbocycles. The van der Waals surface area contributed by atoms with Crippen LogP contribution in [-0.4, -0.2) is 37.0 Å². The van der Waals surface area contributed by atoms with Gasteiger partial charge in [0.1, 0.15) is 28.8 Å². The molecule has 0 aromatic heterocycles. The van der Waals surface area contributed by atoms with Crippen LogP contribution in [0.25, 0.3) is 10.8 Å². The highest BCUT2D eigenvalue weighted by atomic mass is 16.6. The Labute approximate surface area is 134 Å². The predicted molar refractivity (Wildman–Crippen MR) is 86.2 cm³/mol. The Bertz CT molecular complexity index is 779. The van der Waals surface area contributed by atoms with E-state index < -0.39 is 11.6 Å². The van der Waals surface area contributed by atoms with Gasteiger partial charge < -0.3 is 19.3 Å². The Hall–Kier alpha value is -2.27. The van der Waals surface area contributed by atoms with Crippen LogP contribution in [0.2, 0.25) is 0 Å². The minimum Gasteiger partial charge on any atom is -0.506 e. The van der Waals surface area contributed by atoms with E-state index in [2.05, 4.69) is 0 Å². The van der Waals surface area contributed by atoms with Crippen LogP contribution in [0.4, 0.5) is 0 Å². The lowest BCUT2D eigenvalue weighted by atomic mass is 9.86. The molecule has 1 heterocycles. The Morgan fingerprint density at radius 2 is 1.91 bits per heavy atom. The van der Waals surface area contributed by atoms with Gasteiger partial charge in [-0.1, -0.05) is 24.3 Å². The molecule has 122 valence electrons. The van der Waals surface area contributed by atoms with Crippen LogP contribution in [0.1, 0.15) is 29.8 Å². The average Bonchev–Trinajstić information content (AvgIpc) is 2.54. The molecule has 0 saturated heterocycles. The van der Waals surface area contributed by atoms with Crippen molar-refractivity contribution >= 4 is 16.7 Å². The number of esters is 1. The van der Waals surface area contributed by atoms with E-state index in [0.29, 0.717) is 23.1 Å². The molecule has 1 aliphatic heterocycles. The van der Waals surface area contributed by atoms with Gasteiger partial charge in [0.25, 0.3) is 0 Å². The normalized spacial score (nSPS) is 19.0. The minimum atomic E-state index is -0.581. The average molecular weight is 316 g/mol. The van der Waals surface area contributed by atoms with Gasteiger partial charge >= 0.3 is 5.97 Å². The van der Waals surface area contributed by atoms with Gasteiger partial charge in [0.15, 0.2) is 0 Å². The highest BCUT2D eigenvalue weighted by Gasteiger charge is 2.41. The van der Waals surface area contributed by atoms with Crippen molar-refractivity contribution in [3.8, 4) is 11.5 Å². The fraction of sp³-hybridized carbons (Fsp3) is 0.389. The SMILES string of the molecule is COC(=O)c1c2c(c3ccccc3c1O)OC(C)(C)[C@H](OC)C2. The number of rotatable bonds is 2. The minimum absolute atomic E-state index is 0.0793. The van der Waals surface area contributed by atoms with E-state index in [-0.39, 0.29) is 17.4 Å². The summed E-state index contributed by atoms with van der Waals surface area (Å²) >= 11 is 0. The Morgan fingerprint density at radius 3 is 2.52 bits per heavy atom. The third kappa shape index (κ3) is 2.32. The zero-order valence-electron chi connectivity index (χ0n) is 13.7. The van der Waals surface area contributed by atoms with E-state index in [1.165, 1.54) is 7.11 Å². The molecular weight excluding hydrogens is 296 g/mol. The summed E-state index contributed by atoms with van der Waals surface area (Å²) in [6.45, 7) is 3.90. The number of aromatic hydroxyl groups is 1. The van der Waals surface area contributed by atoms with E-state index in [9.17, 15) is 9.90 Å². The van der Waals surface area contributed by atoms with E-state index in [4.69, 9.17) is 14.2 Å². The predicted octanol–water partition coefficient (Wildman–Crippen LogP) is 3.06. The molecule has 1 atom stereocenters. The Kier molecular flexibility index (Phi) is 3.68. The van der Waals surface area contributed by atoms with Crippen molar-refractivity contribution in [3.05, 3.63) is 35.4 Å². The van der Waals surface area contributed by atoms with Crippen LogP contribution < -0.4 is 4.74 Å². The number of benzene rings is 2. The lowest BCUT2D eigenvalue weighted by Crippen LogP contribution is -2.47. The summed E-state index contributed by atoms with van der Waals surface area (Å²) in [4.78, 5) is 12.2. The van der Waals surface area contributed by atoms with Crippen molar-refractivity contribution in [2.75, 3.05) is 14.2 Å². The third-order valence-corrected chi connectivity index (χ3v) is 4.44. The highest BCUT2D eigenvalue weighted by molar-refractivity contribution is 6.06. The molecule has 1 N–H and O–H groups in total. The topological polar surface area (TPSA) is 65.0 Å². The maximum absolute atomic E-state index is 12.2. The monoisotopic (exact) mass is 316 g/mol. The molecule has 23 heavy (non-hydrogen) atoms. The molecule has 1 aliphatic rings. The van der Waals surface area contributed by atoms with Gasteiger partial charge in [-0.3, -0.25) is 0 Å². The van der Waals surface area contributed by atoms with Crippen LogP contribution in [0, 0.1) is 0 Å². The van der Waals surface area contributed by atoms with Crippen molar-refractivity contribution in [2.45, 2.75) is 32.0 Å². The van der Waals surface area contributed by atoms with Gasteiger partial charge in [-0.15, -0.1) is 0 Å². The fourth-order valence-corrected chi connectivity index (χ4v) is 3.20. The first-order valence-electron chi connectivity index (χ1n) is 7.47. The van der Waals surface area contributed by atoms with Gasteiger partial charge in [0.05, 0.1) is 7.11 Å². The van der Waals surface area contributed by atoms with Crippen LogP contribution in [0.5, 0.6) is 11.5 Å². The van der Waals surface area contributed by atoms with Gasteiger partial charge in [0.2, 0.25) is 0 Å². The fourth-order valence-electron chi connectivity index (χ4n) is 3.20. The molecule has 0 aliphatic carbocycles. The molecule has 0 radical (unpaired) electrons. The number of phenolic OH excluding ortho intramolecular Hbond substituents is 1. The Morgan fingerprint density at radius 1 is 1.26 bits per heavy atom. The molecule has 0 saturated carbocycles. The van der Waals surface area contributed by atoms with E-state index in [1.54, 1.807) is 19.2 Å². The van der Waals surface area contributed by atoms with E-state index in [0.717, 1.165) is 5.39 Å². The molecule has 0 fully saturated rings. The zero-order valence-corrected chi connectivity index (χ0v) is 13.7. The molecule has 2 aromatic rings. The molecule has 0 bridgehead atoms. The molecule has 0 unspecified atom stereocenters. The van der Waals surface area contributed by atoms with Crippen LogP contribution >= 0.6 is 0 Å². The summed E-state index contributed by atoms with van der Waals surface area (Å²) in [6.07, 6.45) is 0.223. The summed E-state index contributed by atoms with van der Waals surface area (Å²) in [6, 6.07) is 7.31. The molecule has 3 rings (SSSR count). The Balaban J connectivity index is 2.37. The number of methoxy groups -OCH3 is 2. The number of ether oxygens (including phenoxy) is 3. The second-order valence-corrected chi connectivity index (χ2v) is 6.20. The molecular formula is C18H20O5. The number of hydrogen-bond donors (Lipinski definition) is 1. The highest BCUT2D eigenvalue weighted by Crippen LogP contribution is 2.46. The van der Waals surface area contributed by atoms with Crippen LogP contribution in [0.15, 0.2) is 24.3 Å². The first-order valence-corrected chi connectivity index (χ1v) is 7.47. The maximum atomic E-state index is 12.2. The van der Waals surface area contributed by atoms with Crippen molar-refractivity contribution in [1.82, 2.24) is 0 Å². The molecule has 5 heteroatoms. The largest absolute Gasteiger partial charge is 0.506 e. The summed E-state index contributed by atoms with van der Waals surface area (Å²) in [5.41, 5.74) is 0.229. The summed E-state index contributed by atoms with van der Waals surface area (Å²) in [5, 5.41) is 11.9. The van der Waals surface area contributed by atoms with E-state index in [1.807, 2.05) is 26.0 Å². The zero-order chi connectivity index (χ0) is 16.8. The first-order chi connectivity index (χ1) is 10.9. The third-order valence-electron chi connectivity index (χ3n) is 4.44. The first kappa shape index (κ1) is 15.6. The molecule has 0 spiro atoms. The number of carbonyl (C=O) groups excluding carboxylic acids is 1. The number of carbonyl (C=O) groups is 1.